The van der Waals surface area contributed by atoms with E-state index in [1.54, 1.807) is 0 Å². The van der Waals surface area contributed by atoms with Crippen LogP contribution in [0.3, 0.4) is 0 Å². The van der Waals surface area contributed by atoms with Crippen molar-refractivity contribution in [3.05, 3.63) is 11.8 Å². The summed E-state index contributed by atoms with van der Waals surface area (Å²) in [7, 11) is 0. The number of carboxylic acid groups (broad SMARTS) is 3. The fraction of sp³-hybridized carbons (Fsp3) is 0.667. The average Bonchev–Trinajstić information content (AvgIpc) is 2.77. The van der Waals surface area contributed by atoms with Crippen molar-refractivity contribution in [3.8, 4) is 0 Å². The van der Waals surface area contributed by atoms with E-state index in [-0.39, 0.29) is 0 Å². The Morgan fingerprint density at radius 2 is 1.69 bits per heavy atom. The highest BCUT2D eigenvalue weighted by atomic mass is 16.7. The third-order valence-electron chi connectivity index (χ3n) is 4.98. The van der Waals surface area contributed by atoms with Crippen LogP contribution in [0.15, 0.2) is 11.8 Å². The molecule has 0 aromatic carbocycles. The highest BCUT2D eigenvalue weighted by molar-refractivity contribution is 5.84. The minimum atomic E-state index is -2.58. The van der Waals surface area contributed by atoms with Crippen molar-refractivity contribution in [1.82, 2.24) is 5.32 Å². The number of amides is 1. The second kappa shape index (κ2) is 11.7. The predicted octanol–water partition coefficient (Wildman–Crippen LogP) is -5.08. The molecule has 0 spiro atoms. The van der Waals surface area contributed by atoms with E-state index in [2.05, 4.69) is 5.32 Å². The molecule has 0 aliphatic carbocycles. The van der Waals surface area contributed by atoms with Crippen LogP contribution in [-0.2, 0) is 38.1 Å². The first-order valence-electron chi connectivity index (χ1n) is 9.92. The molecular formula is C18H25NO16. The number of hydrogen-bond donors (Lipinski definition) is 9. The van der Waals surface area contributed by atoms with Gasteiger partial charge in [-0.1, -0.05) is 0 Å². The molecule has 1 fully saturated rings. The summed E-state index contributed by atoms with van der Waals surface area (Å²) < 4.78 is 20.7. The number of carbonyl (C=O) groups is 4. The van der Waals surface area contributed by atoms with E-state index in [9.17, 15) is 49.8 Å². The second-order valence-electron chi connectivity index (χ2n) is 7.52. The summed E-state index contributed by atoms with van der Waals surface area (Å²) in [5.74, 6) is -7.12. The summed E-state index contributed by atoms with van der Waals surface area (Å²) in [5.41, 5.74) is 0. The van der Waals surface area contributed by atoms with Gasteiger partial charge in [-0.3, -0.25) is 4.79 Å². The lowest BCUT2D eigenvalue weighted by Gasteiger charge is -2.46. The third-order valence-corrected chi connectivity index (χ3v) is 4.98. The van der Waals surface area contributed by atoms with Crippen molar-refractivity contribution in [3.63, 3.8) is 0 Å². The van der Waals surface area contributed by atoms with Gasteiger partial charge in [-0.2, -0.15) is 0 Å². The van der Waals surface area contributed by atoms with Crippen LogP contribution in [0.5, 0.6) is 0 Å². The minimum absolute atomic E-state index is 0.688. The quantitative estimate of drug-likeness (QED) is 0.133. The minimum Gasteiger partial charge on any atom is -0.479 e. The molecule has 0 saturated carbocycles. The van der Waals surface area contributed by atoms with Gasteiger partial charge in [0.2, 0.25) is 18.0 Å². The molecule has 0 bridgehead atoms. The summed E-state index contributed by atoms with van der Waals surface area (Å²) in [6.45, 7) is 0.0352. The zero-order chi connectivity index (χ0) is 26.6. The molecule has 1 amide bonds. The van der Waals surface area contributed by atoms with Crippen molar-refractivity contribution in [2.45, 2.75) is 68.3 Å². The first kappa shape index (κ1) is 28.3. The molecule has 2 aliphatic rings. The number of carbonyl (C=O) groups excluding carboxylic acids is 1. The van der Waals surface area contributed by atoms with Crippen molar-refractivity contribution in [2.24, 2.45) is 0 Å². The molecule has 10 unspecified atom stereocenters. The highest BCUT2D eigenvalue weighted by Crippen LogP contribution is 2.29. The molecule has 1 saturated heterocycles. The summed E-state index contributed by atoms with van der Waals surface area (Å²) in [6, 6.07) is -1.69. The summed E-state index contributed by atoms with van der Waals surface area (Å²) in [5, 5.41) is 79.5. The van der Waals surface area contributed by atoms with Crippen LogP contribution in [0.4, 0.5) is 0 Å². The lowest BCUT2D eigenvalue weighted by atomic mass is 9.96. The molecule has 0 radical (unpaired) electrons. The zero-order valence-electron chi connectivity index (χ0n) is 17.9. The predicted molar refractivity (Wildman–Crippen MR) is 103 cm³/mol. The molecule has 17 nitrogen and oxygen atoms in total. The second-order valence-corrected chi connectivity index (χ2v) is 7.52. The SMILES string of the molecule is CC(=O)NC1C(OC(C(=O)O)C(O)C(=O)O)OC(CO)C(OC2OC(C(=O)O)=CC(O)C2O)C1O. The van der Waals surface area contributed by atoms with Crippen molar-refractivity contribution < 1.29 is 79.0 Å². The number of ether oxygens (including phenoxy) is 4. The smallest absolute Gasteiger partial charge is 0.371 e. The molecule has 0 aromatic rings. The number of hydrogen-bond acceptors (Lipinski definition) is 13. The van der Waals surface area contributed by atoms with Gasteiger partial charge in [-0.25, -0.2) is 14.4 Å². The maximum Gasteiger partial charge on any atom is 0.371 e. The van der Waals surface area contributed by atoms with Crippen molar-refractivity contribution in [2.75, 3.05) is 6.61 Å². The third kappa shape index (κ3) is 6.61. The van der Waals surface area contributed by atoms with Gasteiger partial charge in [-0.15, -0.1) is 0 Å². The van der Waals surface area contributed by atoms with Gasteiger partial charge in [0, 0.05) is 6.92 Å². The molecule has 10 atom stereocenters. The maximum absolute atomic E-state index is 11.7. The van der Waals surface area contributed by atoms with Crippen LogP contribution in [0.2, 0.25) is 0 Å². The van der Waals surface area contributed by atoms with Crippen LogP contribution in [-0.4, -0.2) is 133 Å². The normalized spacial score (nSPS) is 34.6. The fourth-order valence-corrected chi connectivity index (χ4v) is 3.31. The lowest BCUT2D eigenvalue weighted by molar-refractivity contribution is -0.321. The maximum atomic E-state index is 11.7. The lowest BCUT2D eigenvalue weighted by Crippen LogP contribution is -2.67. The number of carboxylic acids is 3. The van der Waals surface area contributed by atoms with Crippen molar-refractivity contribution in [1.29, 1.82) is 0 Å². The fourth-order valence-electron chi connectivity index (χ4n) is 3.31. The van der Waals surface area contributed by atoms with Crippen LogP contribution in [0.25, 0.3) is 0 Å². The largest absolute Gasteiger partial charge is 0.479 e. The van der Waals surface area contributed by atoms with E-state index in [0.29, 0.717) is 6.08 Å². The van der Waals surface area contributed by atoms with E-state index in [1.807, 2.05) is 0 Å². The number of aliphatic hydroxyl groups excluding tert-OH is 5. The standard InChI is InChI=1S/C18H25NO16/c1-4(21)19-8-10(24)12(34-18-9(23)5(22)2-6(32-18)14(26)27)7(3-20)33-17(8)35-13(16(30)31)11(25)15(28)29/h2,5,7-13,17-18,20,22-25H,3H2,1H3,(H,19,21)(H,26,27)(H,28,29)(H,30,31). The Morgan fingerprint density at radius 1 is 1.06 bits per heavy atom. The monoisotopic (exact) mass is 511 g/mol. The van der Waals surface area contributed by atoms with Crippen LogP contribution < -0.4 is 5.32 Å². The van der Waals surface area contributed by atoms with E-state index in [0.717, 1.165) is 6.92 Å². The van der Waals surface area contributed by atoms with Gasteiger partial charge >= 0.3 is 17.9 Å². The molecule has 2 heterocycles. The molecule has 0 aromatic heterocycles. The highest BCUT2D eigenvalue weighted by Gasteiger charge is 2.51. The molecule has 2 rings (SSSR count). The zero-order valence-corrected chi connectivity index (χ0v) is 17.9. The topological polar surface area (TPSA) is 279 Å². The number of nitrogens with one attached hydrogen (secondary N) is 1. The summed E-state index contributed by atoms with van der Waals surface area (Å²) in [4.78, 5) is 45.3. The van der Waals surface area contributed by atoms with Gasteiger partial charge in [0.15, 0.2) is 18.5 Å². The van der Waals surface area contributed by atoms with Crippen LogP contribution in [0, 0.1) is 0 Å². The van der Waals surface area contributed by atoms with Gasteiger partial charge in [0.25, 0.3) is 0 Å². The Hall–Kier alpha value is -2.90. The van der Waals surface area contributed by atoms with Gasteiger partial charge in [0.1, 0.15) is 36.6 Å². The Kier molecular flexibility index (Phi) is 9.46. The van der Waals surface area contributed by atoms with E-state index in [4.69, 9.17) is 29.2 Å². The van der Waals surface area contributed by atoms with Gasteiger partial charge < -0.3 is 65.1 Å². The Balaban J connectivity index is 2.33. The van der Waals surface area contributed by atoms with Gasteiger partial charge in [0.05, 0.1) is 6.61 Å². The van der Waals surface area contributed by atoms with E-state index < -0.39 is 97.5 Å². The molecule has 35 heavy (non-hydrogen) atoms. The Morgan fingerprint density at radius 3 is 2.17 bits per heavy atom. The molecule has 2 aliphatic heterocycles. The van der Waals surface area contributed by atoms with Gasteiger partial charge in [-0.05, 0) is 6.08 Å². The molecule has 17 heteroatoms. The first-order valence-corrected chi connectivity index (χ1v) is 9.92. The summed E-state index contributed by atoms with van der Waals surface area (Å²) in [6.07, 6.45) is -17.0. The number of aliphatic carboxylic acids is 3. The molecular weight excluding hydrogens is 486 g/mol. The molecule has 198 valence electrons. The Labute approximate surface area is 195 Å². The van der Waals surface area contributed by atoms with Crippen LogP contribution in [0.1, 0.15) is 6.92 Å². The average molecular weight is 511 g/mol. The van der Waals surface area contributed by atoms with E-state index >= 15 is 0 Å². The van der Waals surface area contributed by atoms with Crippen molar-refractivity contribution >= 4 is 23.8 Å². The molecule has 9 N–H and O–H groups in total. The summed E-state index contributed by atoms with van der Waals surface area (Å²) >= 11 is 0. The first-order chi connectivity index (χ1) is 16.3. The number of aliphatic hydroxyl groups is 5. The number of rotatable bonds is 10. The Bertz CT molecular complexity index is 846. The van der Waals surface area contributed by atoms with E-state index in [1.165, 1.54) is 0 Å². The van der Waals surface area contributed by atoms with Crippen LogP contribution >= 0.6 is 0 Å².